The van der Waals surface area contributed by atoms with Crippen LogP contribution < -0.4 is 4.74 Å². The van der Waals surface area contributed by atoms with Gasteiger partial charge in [0.25, 0.3) is 0 Å². The smallest absolute Gasteiger partial charge is 0.304 e. The van der Waals surface area contributed by atoms with Gasteiger partial charge in [0.15, 0.2) is 0 Å². The van der Waals surface area contributed by atoms with E-state index in [2.05, 4.69) is 5.10 Å². The van der Waals surface area contributed by atoms with E-state index in [9.17, 15) is 8.78 Å². The number of hydrogen-bond acceptors (Lipinski definition) is 3. The minimum atomic E-state index is -3.20. The molecule has 0 saturated carbocycles. The Morgan fingerprint density at radius 3 is 2.39 bits per heavy atom. The highest BCUT2D eigenvalue weighted by Crippen LogP contribution is 2.36. The number of rotatable bonds is 4. The Hall–Kier alpha value is -1.18. The predicted octanol–water partition coefficient (Wildman–Crippen LogP) is 5.15. The minimum Gasteiger partial charge on any atom is -0.489 e. The Bertz CT molecular complexity index is 797. The Balaban J connectivity index is 2.69. The van der Waals surface area contributed by atoms with Crippen molar-refractivity contribution in [2.75, 3.05) is 0 Å². The number of aryl methyl sites for hydroxylation is 1. The number of ether oxygens (including phenoxy) is 1. The maximum Gasteiger partial charge on any atom is 0.304 e. The number of benzene rings is 1. The van der Waals surface area contributed by atoms with E-state index in [0.717, 1.165) is 11.5 Å². The van der Waals surface area contributed by atoms with Gasteiger partial charge in [-0.15, -0.1) is 0 Å². The van der Waals surface area contributed by atoms with Crippen LogP contribution in [0.3, 0.4) is 0 Å². The summed E-state index contributed by atoms with van der Waals surface area (Å²) in [5, 5.41) is 4.22. The predicted molar refractivity (Wildman–Crippen MR) is 88.7 cm³/mol. The first-order valence-corrected chi connectivity index (χ1v) is 7.89. The maximum absolute atomic E-state index is 13.8. The molecule has 1 heterocycles. The van der Waals surface area contributed by atoms with Crippen molar-refractivity contribution in [1.29, 1.82) is 0 Å². The second kappa shape index (κ2) is 6.37. The van der Waals surface area contributed by atoms with Gasteiger partial charge in [0, 0.05) is 20.0 Å². The molecule has 0 fully saturated rings. The number of aromatic nitrogens is 3. The summed E-state index contributed by atoms with van der Waals surface area (Å²) in [6, 6.07) is 2.92. The molecule has 2 rings (SSSR count). The number of halogens is 4. The molecule has 126 valence electrons. The zero-order chi connectivity index (χ0) is 17.5. The second-order valence-electron chi connectivity index (χ2n) is 5.35. The average molecular weight is 382 g/mol. The summed E-state index contributed by atoms with van der Waals surface area (Å²) >= 11 is 17.6. The van der Waals surface area contributed by atoms with Crippen molar-refractivity contribution in [2.24, 2.45) is 7.05 Å². The van der Waals surface area contributed by atoms with Crippen molar-refractivity contribution in [1.82, 2.24) is 14.3 Å². The molecule has 0 aliphatic rings. The molecule has 0 bridgehead atoms. The van der Waals surface area contributed by atoms with Gasteiger partial charge in [0.2, 0.25) is 10.6 Å². The third kappa shape index (κ3) is 3.67. The van der Waals surface area contributed by atoms with E-state index in [1.165, 1.54) is 23.9 Å². The lowest BCUT2D eigenvalue weighted by molar-refractivity contribution is 0.00544. The summed E-state index contributed by atoms with van der Waals surface area (Å²) in [5.41, 5.74) is 0.224. The van der Waals surface area contributed by atoms with Gasteiger partial charge in [-0.25, -0.2) is 4.68 Å². The fraction of sp³-hybridized carbons (Fsp3) is 0.429. The molecule has 0 unspecified atom stereocenters. The molecule has 23 heavy (non-hydrogen) atoms. The monoisotopic (exact) mass is 381 g/mol. The molecule has 0 atom stereocenters. The van der Waals surface area contributed by atoms with Crippen molar-refractivity contribution in [3.8, 4) is 11.4 Å². The molecule has 0 N–H and O–H groups in total. The van der Waals surface area contributed by atoms with Crippen LogP contribution in [-0.2, 0) is 13.0 Å². The lowest BCUT2D eigenvalue weighted by atomic mass is 10.2. The van der Waals surface area contributed by atoms with Gasteiger partial charge in [-0.1, -0.05) is 23.2 Å². The molecule has 1 aromatic heterocycles. The van der Waals surface area contributed by atoms with E-state index in [0.29, 0.717) is 5.75 Å². The molecule has 4 nitrogen and oxygen atoms in total. The Kier molecular flexibility index (Phi) is 5.03. The van der Waals surface area contributed by atoms with Crippen LogP contribution in [0.1, 0.15) is 26.6 Å². The van der Waals surface area contributed by atoms with Gasteiger partial charge in [-0.2, -0.15) is 13.9 Å². The van der Waals surface area contributed by atoms with E-state index in [4.69, 9.17) is 40.2 Å². The molecule has 0 amide bonds. The molecule has 9 heteroatoms. The fourth-order valence-corrected chi connectivity index (χ4v) is 2.67. The molecule has 0 aliphatic carbocycles. The van der Waals surface area contributed by atoms with Crippen molar-refractivity contribution < 1.29 is 13.5 Å². The number of hydrogen-bond donors (Lipinski definition) is 0. The zero-order valence-electron chi connectivity index (χ0n) is 12.9. The summed E-state index contributed by atoms with van der Waals surface area (Å²) in [4.78, 5) is 0. The van der Waals surface area contributed by atoms with Gasteiger partial charge < -0.3 is 4.74 Å². The van der Waals surface area contributed by atoms with Crippen LogP contribution in [0.4, 0.5) is 8.78 Å². The summed E-state index contributed by atoms with van der Waals surface area (Å²) in [5.74, 6) is -3.34. The Morgan fingerprint density at radius 2 is 1.87 bits per heavy atom. The highest BCUT2D eigenvalue weighted by Gasteiger charge is 2.33. The topological polar surface area (TPSA) is 32.0 Å². The second-order valence-corrected chi connectivity index (χ2v) is 6.53. The summed E-state index contributed by atoms with van der Waals surface area (Å²) in [7, 11) is 1.49. The van der Waals surface area contributed by atoms with E-state index < -0.39 is 11.7 Å². The van der Waals surface area contributed by atoms with Gasteiger partial charge in [0.05, 0.1) is 21.8 Å². The molecular weight excluding hydrogens is 367 g/mol. The van der Waals surface area contributed by atoms with Crippen molar-refractivity contribution in [2.45, 2.75) is 32.8 Å². The average Bonchev–Trinajstić information content (AvgIpc) is 2.69. The lowest BCUT2D eigenvalue weighted by Crippen LogP contribution is -2.16. The van der Waals surface area contributed by atoms with Gasteiger partial charge in [-0.05, 0) is 32.1 Å². The van der Waals surface area contributed by atoms with E-state index in [-0.39, 0.29) is 26.6 Å². The van der Waals surface area contributed by atoms with Crippen LogP contribution in [0.25, 0.3) is 5.69 Å². The van der Waals surface area contributed by atoms with Crippen LogP contribution >= 0.6 is 35.4 Å². The first kappa shape index (κ1) is 18.2. The van der Waals surface area contributed by atoms with Crippen molar-refractivity contribution >= 4 is 35.4 Å². The molecule has 0 radical (unpaired) electrons. The normalized spacial score (nSPS) is 12.0. The van der Waals surface area contributed by atoms with E-state index in [1.807, 2.05) is 13.8 Å². The standard InChI is InChI=1S/C14H15Cl2F2N3OS/c1-7(2)22-11-6-8(15)10(5-9(11)16)21-12(14(3,17)18)19-20(4)13(21)23/h5-7H,1-4H3. The third-order valence-corrected chi connectivity index (χ3v) is 3.97. The van der Waals surface area contributed by atoms with Gasteiger partial charge in [0.1, 0.15) is 5.75 Å². The van der Waals surface area contributed by atoms with E-state index in [1.54, 1.807) is 0 Å². The largest absolute Gasteiger partial charge is 0.489 e. The quantitative estimate of drug-likeness (QED) is 0.686. The number of nitrogens with zero attached hydrogens (tertiary/aromatic N) is 3. The Morgan fingerprint density at radius 1 is 1.26 bits per heavy atom. The first-order valence-electron chi connectivity index (χ1n) is 6.72. The molecule has 2 aromatic rings. The Labute approximate surface area is 147 Å². The zero-order valence-corrected chi connectivity index (χ0v) is 15.2. The molecular formula is C14H15Cl2F2N3OS. The van der Waals surface area contributed by atoms with Crippen LogP contribution in [0.2, 0.25) is 10.0 Å². The highest BCUT2D eigenvalue weighted by molar-refractivity contribution is 7.71. The summed E-state index contributed by atoms with van der Waals surface area (Å²) in [6.07, 6.45) is -0.106. The molecule has 0 spiro atoms. The van der Waals surface area contributed by atoms with Gasteiger partial charge in [-0.3, -0.25) is 4.57 Å². The van der Waals surface area contributed by atoms with Crippen LogP contribution in [0, 0.1) is 4.77 Å². The molecule has 0 aliphatic heterocycles. The minimum absolute atomic E-state index is 0.0806. The molecule has 0 saturated heterocycles. The fourth-order valence-electron chi connectivity index (χ4n) is 2.00. The van der Waals surface area contributed by atoms with Gasteiger partial charge >= 0.3 is 5.92 Å². The molecule has 1 aromatic carbocycles. The SMILES string of the molecule is CC(C)Oc1cc(Cl)c(-n2c(C(C)(F)F)nn(C)c2=S)cc1Cl. The van der Waals surface area contributed by atoms with Crippen LogP contribution in [-0.4, -0.2) is 20.5 Å². The lowest BCUT2D eigenvalue weighted by Gasteiger charge is -2.16. The third-order valence-electron chi connectivity index (χ3n) is 2.92. The number of alkyl halides is 2. The van der Waals surface area contributed by atoms with Crippen LogP contribution in [0.5, 0.6) is 5.75 Å². The highest BCUT2D eigenvalue weighted by atomic mass is 35.5. The maximum atomic E-state index is 13.8. The van der Waals surface area contributed by atoms with Crippen molar-refractivity contribution in [3.05, 3.63) is 32.8 Å². The van der Waals surface area contributed by atoms with E-state index >= 15 is 0 Å². The summed E-state index contributed by atoms with van der Waals surface area (Å²) < 4.78 is 35.6. The summed E-state index contributed by atoms with van der Waals surface area (Å²) in [6.45, 7) is 4.42. The first-order chi connectivity index (χ1) is 10.5. The van der Waals surface area contributed by atoms with Crippen LogP contribution in [0.15, 0.2) is 12.1 Å². The van der Waals surface area contributed by atoms with Crippen molar-refractivity contribution in [3.63, 3.8) is 0 Å².